The number of nitrogens with zero attached hydrogens (tertiary/aromatic N) is 2. The minimum atomic E-state index is -4.13. The summed E-state index contributed by atoms with van der Waals surface area (Å²) in [6, 6.07) is 30.6. The molecule has 0 unspecified atom stereocenters. The Labute approximate surface area is 272 Å². The lowest BCUT2D eigenvalue weighted by atomic mass is 10.0. The van der Waals surface area contributed by atoms with Crippen molar-refractivity contribution < 1.29 is 18.0 Å². The van der Waals surface area contributed by atoms with E-state index in [9.17, 15) is 18.0 Å². The third-order valence-corrected chi connectivity index (χ3v) is 9.53. The quantitative estimate of drug-likeness (QED) is 0.164. The Hall–Kier alpha value is -3.41. The molecule has 0 bridgehead atoms. The van der Waals surface area contributed by atoms with Crippen LogP contribution >= 0.6 is 34.2 Å². The number of hydrogen-bond donors (Lipinski definition) is 1. The third kappa shape index (κ3) is 8.81. The average molecular weight is 730 g/mol. The number of sulfonamides is 1. The number of carbonyl (C=O) groups excluding carboxylic acids is 2. The number of carbonyl (C=O) groups is 2. The van der Waals surface area contributed by atoms with Crippen LogP contribution < -0.4 is 9.62 Å². The highest BCUT2D eigenvalue weighted by atomic mass is 127. The van der Waals surface area contributed by atoms with Gasteiger partial charge >= 0.3 is 0 Å². The van der Waals surface area contributed by atoms with Crippen molar-refractivity contribution in [2.45, 2.75) is 37.2 Å². The molecule has 2 amide bonds. The van der Waals surface area contributed by atoms with E-state index in [1.807, 2.05) is 43.3 Å². The van der Waals surface area contributed by atoms with Crippen molar-refractivity contribution in [3.05, 3.63) is 129 Å². The molecule has 4 aromatic rings. The molecule has 1 N–H and O–H groups in total. The molecule has 43 heavy (non-hydrogen) atoms. The highest BCUT2D eigenvalue weighted by Crippen LogP contribution is 2.26. The Morgan fingerprint density at radius 2 is 1.49 bits per heavy atom. The number of benzene rings is 4. The maximum atomic E-state index is 14.4. The highest BCUT2D eigenvalue weighted by Gasteiger charge is 2.34. The van der Waals surface area contributed by atoms with E-state index in [0.29, 0.717) is 22.8 Å². The molecule has 0 spiro atoms. The molecule has 224 valence electrons. The molecular weight excluding hydrogens is 697 g/mol. The molecule has 4 aromatic carbocycles. The molecule has 4 rings (SSSR count). The molecule has 10 heteroatoms. The zero-order valence-electron chi connectivity index (χ0n) is 23.7. The van der Waals surface area contributed by atoms with Gasteiger partial charge in [-0.1, -0.05) is 79.2 Å². The summed E-state index contributed by atoms with van der Waals surface area (Å²) in [5, 5.41) is 3.43. The van der Waals surface area contributed by atoms with Gasteiger partial charge < -0.3 is 10.2 Å². The Morgan fingerprint density at radius 3 is 2.12 bits per heavy atom. The Balaban J connectivity index is 1.78. The van der Waals surface area contributed by atoms with E-state index in [2.05, 4.69) is 27.9 Å². The number of halogens is 2. The minimum Gasteiger partial charge on any atom is -0.354 e. The Bertz CT molecular complexity index is 1620. The molecule has 0 aliphatic rings. The number of hydrogen-bond acceptors (Lipinski definition) is 4. The van der Waals surface area contributed by atoms with E-state index in [0.717, 1.165) is 19.9 Å². The molecule has 0 saturated carbocycles. The van der Waals surface area contributed by atoms with Gasteiger partial charge in [0.15, 0.2) is 0 Å². The van der Waals surface area contributed by atoms with Gasteiger partial charge in [0, 0.05) is 28.1 Å². The largest absolute Gasteiger partial charge is 0.354 e. The zero-order chi connectivity index (χ0) is 30.8. The second kappa shape index (κ2) is 15.4. The summed E-state index contributed by atoms with van der Waals surface area (Å²) in [5.41, 5.74) is 1.93. The average Bonchev–Trinajstić information content (AvgIpc) is 3.01. The maximum Gasteiger partial charge on any atom is 0.264 e. The zero-order valence-corrected chi connectivity index (χ0v) is 27.4. The Morgan fingerprint density at radius 1 is 0.860 bits per heavy atom. The maximum absolute atomic E-state index is 14.4. The second-order valence-electron chi connectivity index (χ2n) is 9.95. The molecule has 1 atom stereocenters. The standard InChI is InChI=1S/C33H33ClIN3O4S/c1-2-20-36-33(40)31(22-25-10-5-3-6-11-25)37(23-26-12-9-13-27(34)21-26)32(39)24-38(29-18-16-28(35)17-19-29)43(41,42)30-14-7-4-8-15-30/h3-19,21,31H,2,20,22-24H2,1H3,(H,36,40)/t31-/m0/s1. The topological polar surface area (TPSA) is 86.8 Å². The van der Waals surface area contributed by atoms with Gasteiger partial charge in [-0.3, -0.25) is 13.9 Å². The molecule has 0 heterocycles. The van der Waals surface area contributed by atoms with E-state index < -0.39 is 28.5 Å². The minimum absolute atomic E-state index is 0.0579. The fourth-order valence-electron chi connectivity index (χ4n) is 4.61. The molecule has 0 aliphatic heterocycles. The van der Waals surface area contributed by atoms with Crippen molar-refractivity contribution in [1.82, 2.24) is 10.2 Å². The third-order valence-electron chi connectivity index (χ3n) is 6.79. The number of rotatable bonds is 13. The van der Waals surface area contributed by atoms with Gasteiger partial charge in [-0.15, -0.1) is 0 Å². The van der Waals surface area contributed by atoms with Crippen LogP contribution in [0.2, 0.25) is 5.02 Å². The van der Waals surface area contributed by atoms with Gasteiger partial charge in [-0.05, 0) is 88.7 Å². The van der Waals surface area contributed by atoms with Crippen LogP contribution in [0, 0.1) is 3.57 Å². The van der Waals surface area contributed by atoms with Gasteiger partial charge in [0.05, 0.1) is 10.6 Å². The molecule has 0 fully saturated rings. The van der Waals surface area contributed by atoms with E-state index in [-0.39, 0.29) is 23.8 Å². The SMILES string of the molecule is CCCNC(=O)[C@H](Cc1ccccc1)N(Cc1cccc(Cl)c1)C(=O)CN(c1ccc(I)cc1)S(=O)(=O)c1ccccc1. The molecule has 0 aliphatic carbocycles. The summed E-state index contributed by atoms with van der Waals surface area (Å²) < 4.78 is 30.0. The van der Waals surface area contributed by atoms with E-state index >= 15 is 0 Å². The van der Waals surface area contributed by atoms with Crippen LogP contribution in [0.3, 0.4) is 0 Å². The van der Waals surface area contributed by atoms with E-state index in [1.54, 1.807) is 60.7 Å². The van der Waals surface area contributed by atoms with Crippen LogP contribution in [-0.4, -0.2) is 44.3 Å². The lowest BCUT2D eigenvalue weighted by molar-refractivity contribution is -0.140. The van der Waals surface area contributed by atoms with Gasteiger partial charge in [0.25, 0.3) is 10.0 Å². The van der Waals surface area contributed by atoms with Gasteiger partial charge in [0.1, 0.15) is 12.6 Å². The van der Waals surface area contributed by atoms with Crippen LogP contribution in [-0.2, 0) is 32.6 Å². The Kier molecular flexibility index (Phi) is 11.6. The predicted molar refractivity (Wildman–Crippen MR) is 179 cm³/mol. The van der Waals surface area contributed by atoms with Crippen molar-refractivity contribution in [3.8, 4) is 0 Å². The van der Waals surface area contributed by atoms with Crippen molar-refractivity contribution in [2.24, 2.45) is 0 Å². The van der Waals surface area contributed by atoms with Crippen molar-refractivity contribution >= 4 is 61.7 Å². The number of anilines is 1. The summed E-state index contributed by atoms with van der Waals surface area (Å²) in [6.07, 6.45) is 0.972. The van der Waals surface area contributed by atoms with Gasteiger partial charge in [-0.25, -0.2) is 8.42 Å². The molecule has 0 saturated heterocycles. The normalized spacial score (nSPS) is 11.9. The lowest BCUT2D eigenvalue weighted by Gasteiger charge is -2.34. The first-order valence-corrected chi connectivity index (χ1v) is 16.8. The fourth-order valence-corrected chi connectivity index (χ4v) is 6.62. The van der Waals surface area contributed by atoms with Crippen molar-refractivity contribution in [2.75, 3.05) is 17.4 Å². The second-order valence-corrected chi connectivity index (χ2v) is 13.5. The van der Waals surface area contributed by atoms with Crippen LogP contribution in [0.25, 0.3) is 0 Å². The molecule has 0 radical (unpaired) electrons. The van der Waals surface area contributed by atoms with Crippen LogP contribution in [0.5, 0.6) is 0 Å². The van der Waals surface area contributed by atoms with Crippen LogP contribution in [0.4, 0.5) is 5.69 Å². The summed E-state index contributed by atoms with van der Waals surface area (Å²) in [7, 11) is -4.13. The first kappa shape index (κ1) is 32.5. The first-order chi connectivity index (χ1) is 20.7. The number of nitrogens with one attached hydrogen (secondary N) is 1. The fraction of sp³-hybridized carbons (Fsp3) is 0.212. The molecule has 0 aromatic heterocycles. The van der Waals surface area contributed by atoms with Crippen LogP contribution in [0.15, 0.2) is 114 Å². The monoisotopic (exact) mass is 729 g/mol. The summed E-state index contributed by atoms with van der Waals surface area (Å²) in [4.78, 5) is 29.6. The predicted octanol–water partition coefficient (Wildman–Crippen LogP) is 6.31. The smallest absolute Gasteiger partial charge is 0.264 e. The summed E-state index contributed by atoms with van der Waals surface area (Å²) in [5.74, 6) is -0.835. The van der Waals surface area contributed by atoms with Gasteiger partial charge in [0.2, 0.25) is 11.8 Å². The van der Waals surface area contributed by atoms with E-state index in [4.69, 9.17) is 11.6 Å². The van der Waals surface area contributed by atoms with Crippen LogP contribution in [0.1, 0.15) is 24.5 Å². The van der Waals surface area contributed by atoms with Gasteiger partial charge in [-0.2, -0.15) is 0 Å². The van der Waals surface area contributed by atoms with Crippen molar-refractivity contribution in [3.63, 3.8) is 0 Å². The number of amides is 2. The summed E-state index contributed by atoms with van der Waals surface area (Å²) >= 11 is 8.42. The van der Waals surface area contributed by atoms with Crippen molar-refractivity contribution in [1.29, 1.82) is 0 Å². The summed E-state index contributed by atoms with van der Waals surface area (Å²) in [6.45, 7) is 1.95. The van der Waals surface area contributed by atoms with E-state index in [1.165, 1.54) is 17.0 Å². The highest BCUT2D eigenvalue weighted by molar-refractivity contribution is 14.1. The first-order valence-electron chi connectivity index (χ1n) is 13.9. The molecule has 7 nitrogen and oxygen atoms in total. The lowest BCUT2D eigenvalue weighted by Crippen LogP contribution is -2.53. The molecular formula is C33H33ClIN3O4S.